The van der Waals surface area contributed by atoms with Crippen LogP contribution >= 0.6 is 0 Å². The summed E-state index contributed by atoms with van der Waals surface area (Å²) in [4.78, 5) is 22.8. The molecule has 0 unspecified atom stereocenters. The minimum atomic E-state index is -4.78. The van der Waals surface area contributed by atoms with Crippen LogP contribution in [0.15, 0.2) is 53.8 Å². The van der Waals surface area contributed by atoms with Gasteiger partial charge in [-0.2, -0.15) is 17.5 Å². The normalized spacial score (nSPS) is 18.5. The van der Waals surface area contributed by atoms with Gasteiger partial charge >= 0.3 is 6.18 Å². The number of alkyl halides is 5. The summed E-state index contributed by atoms with van der Waals surface area (Å²) in [5, 5.41) is 2.25. The van der Waals surface area contributed by atoms with Gasteiger partial charge in [0.05, 0.1) is 16.8 Å². The highest BCUT2D eigenvalue weighted by Gasteiger charge is 2.49. The van der Waals surface area contributed by atoms with E-state index in [1.165, 1.54) is 0 Å². The van der Waals surface area contributed by atoms with Gasteiger partial charge in [0.2, 0.25) is 28.2 Å². The third-order valence-corrected chi connectivity index (χ3v) is 7.90. The maximum absolute atomic E-state index is 14.4. The first kappa shape index (κ1) is 28.4. The third kappa shape index (κ3) is 6.00. The van der Waals surface area contributed by atoms with Crippen molar-refractivity contribution in [2.75, 3.05) is 6.54 Å². The number of halogens is 7. The van der Waals surface area contributed by atoms with E-state index >= 15 is 0 Å². The molecule has 0 spiro atoms. The summed E-state index contributed by atoms with van der Waals surface area (Å²) in [7, 11) is -4.47. The predicted molar refractivity (Wildman–Crippen MR) is 120 cm³/mol. The van der Waals surface area contributed by atoms with Crippen molar-refractivity contribution >= 4 is 15.9 Å². The Morgan fingerprint density at radius 3 is 2.28 bits per heavy atom. The molecule has 39 heavy (non-hydrogen) atoms. The summed E-state index contributed by atoms with van der Waals surface area (Å²) < 4.78 is 120. The highest BCUT2D eigenvalue weighted by molar-refractivity contribution is 7.89. The molecule has 2 aromatic heterocycles. The number of carbonyl (C=O) groups is 1. The molecular weight excluding hydrogens is 559 g/mol. The summed E-state index contributed by atoms with van der Waals surface area (Å²) in [6.07, 6.45) is -5.79. The summed E-state index contributed by atoms with van der Waals surface area (Å²) in [5.74, 6) is -5.84. The number of nitrogens with one attached hydrogen (secondary N) is 1. The average Bonchev–Trinajstić information content (AvgIpc) is 3.35. The van der Waals surface area contributed by atoms with Gasteiger partial charge in [-0.3, -0.25) is 9.78 Å². The molecule has 2 atom stereocenters. The zero-order valence-corrected chi connectivity index (χ0v) is 20.4. The largest absolute Gasteiger partial charge is 0.451 e. The van der Waals surface area contributed by atoms with Crippen molar-refractivity contribution in [3.05, 3.63) is 71.9 Å². The summed E-state index contributed by atoms with van der Waals surface area (Å²) >= 11 is 0. The Morgan fingerprint density at radius 2 is 1.69 bits per heavy atom. The molecule has 1 aliphatic heterocycles. The number of nitrogens with zero attached hydrogens (tertiary/aromatic N) is 4. The average molecular weight is 577 g/mol. The number of carbonyl (C=O) groups excluding carboxylic acids is 1. The van der Waals surface area contributed by atoms with Gasteiger partial charge in [-0.15, -0.1) is 0 Å². The lowest BCUT2D eigenvalue weighted by Crippen LogP contribution is -2.49. The molecule has 3 aromatic rings. The van der Waals surface area contributed by atoms with Crippen molar-refractivity contribution in [2.45, 2.75) is 36.5 Å². The predicted octanol–water partition coefficient (Wildman–Crippen LogP) is 3.80. The summed E-state index contributed by atoms with van der Waals surface area (Å²) in [6.45, 7) is -0.993. The van der Waals surface area contributed by atoms with Crippen molar-refractivity contribution in [1.82, 2.24) is 24.6 Å². The molecule has 1 aliphatic rings. The van der Waals surface area contributed by atoms with E-state index in [1.54, 1.807) is 0 Å². The molecule has 1 aromatic carbocycles. The lowest BCUT2D eigenvalue weighted by Gasteiger charge is -2.26. The van der Waals surface area contributed by atoms with E-state index in [0.29, 0.717) is 4.31 Å². The van der Waals surface area contributed by atoms with Crippen LogP contribution in [0.2, 0.25) is 0 Å². The molecule has 208 valence electrons. The minimum absolute atomic E-state index is 0.000648. The monoisotopic (exact) mass is 577 g/mol. The number of hydrogen-bond donors (Lipinski definition) is 1. The summed E-state index contributed by atoms with van der Waals surface area (Å²) in [5.41, 5.74) is -0.255. The second kappa shape index (κ2) is 10.8. The van der Waals surface area contributed by atoms with E-state index < -0.39 is 75.9 Å². The van der Waals surface area contributed by atoms with Gasteiger partial charge in [0.15, 0.2) is 0 Å². The van der Waals surface area contributed by atoms with Gasteiger partial charge in [-0.1, -0.05) is 0 Å². The molecular formula is C23H18F7N5O3S. The van der Waals surface area contributed by atoms with Crippen LogP contribution in [-0.2, 0) is 27.5 Å². The van der Waals surface area contributed by atoms with E-state index in [2.05, 4.69) is 20.3 Å². The van der Waals surface area contributed by atoms with Crippen LogP contribution in [0.25, 0.3) is 11.3 Å². The van der Waals surface area contributed by atoms with Gasteiger partial charge in [0.25, 0.3) is 0 Å². The van der Waals surface area contributed by atoms with Crippen LogP contribution in [0.5, 0.6) is 0 Å². The SMILES string of the molecule is O=C(NCc1cc(-c2cnc(C(F)(F)F)nc2)ncc1F)[C@@H]1[C@@H](C(F)F)CCN1S(=O)(=O)c1ccc(F)cc1. The van der Waals surface area contributed by atoms with E-state index in [-0.39, 0.29) is 23.2 Å². The second-order valence-corrected chi connectivity index (χ2v) is 10.4. The third-order valence-electron chi connectivity index (χ3n) is 6.00. The van der Waals surface area contributed by atoms with Crippen LogP contribution in [0, 0.1) is 17.6 Å². The first-order valence-electron chi connectivity index (χ1n) is 11.2. The van der Waals surface area contributed by atoms with Gasteiger partial charge in [0, 0.05) is 42.5 Å². The summed E-state index contributed by atoms with van der Waals surface area (Å²) in [6, 6.07) is 2.87. The number of hydrogen-bond acceptors (Lipinski definition) is 6. The van der Waals surface area contributed by atoms with Crippen molar-refractivity contribution in [2.24, 2.45) is 5.92 Å². The Kier molecular flexibility index (Phi) is 7.88. The molecule has 8 nitrogen and oxygen atoms in total. The van der Waals surface area contributed by atoms with E-state index in [1.807, 2.05) is 0 Å². The van der Waals surface area contributed by atoms with Crippen molar-refractivity contribution in [3.63, 3.8) is 0 Å². The Labute approximate surface area is 217 Å². The highest BCUT2D eigenvalue weighted by Crippen LogP contribution is 2.34. The van der Waals surface area contributed by atoms with E-state index in [0.717, 1.165) is 48.9 Å². The lowest BCUT2D eigenvalue weighted by molar-refractivity contribution is -0.145. The number of benzene rings is 1. The topological polar surface area (TPSA) is 105 Å². The highest BCUT2D eigenvalue weighted by atomic mass is 32.2. The molecule has 1 fully saturated rings. The fraction of sp³-hybridized carbons (Fsp3) is 0.304. The van der Waals surface area contributed by atoms with Crippen LogP contribution in [0.1, 0.15) is 17.8 Å². The first-order chi connectivity index (χ1) is 18.3. The standard InChI is InChI=1S/C23H18F7N5O3S/c24-14-1-3-15(4-2-14)39(37,38)35-6-5-16(20(26)27)19(35)21(36)32-8-12-7-18(31-11-17(12)25)13-9-33-22(34-10-13)23(28,29)30/h1-4,7,9-11,16,19-20H,5-6,8H2,(H,32,36)/t16-,19-/m0/s1. The quantitative estimate of drug-likeness (QED) is 0.429. The molecule has 1 saturated heterocycles. The molecule has 0 radical (unpaired) electrons. The molecule has 0 saturated carbocycles. The molecule has 0 aliphatic carbocycles. The molecule has 1 amide bonds. The number of aromatic nitrogens is 3. The van der Waals surface area contributed by atoms with Crippen LogP contribution in [0.4, 0.5) is 30.7 Å². The zero-order valence-electron chi connectivity index (χ0n) is 19.5. The number of amides is 1. The van der Waals surface area contributed by atoms with Gasteiger partial charge < -0.3 is 5.32 Å². The van der Waals surface area contributed by atoms with Gasteiger partial charge in [0.1, 0.15) is 17.7 Å². The van der Waals surface area contributed by atoms with Crippen molar-refractivity contribution < 1.29 is 43.9 Å². The number of rotatable bonds is 7. The van der Waals surface area contributed by atoms with Gasteiger partial charge in [-0.05, 0) is 36.8 Å². The molecule has 4 rings (SSSR count). The maximum Gasteiger partial charge on any atom is 0.451 e. The second-order valence-electron chi connectivity index (χ2n) is 8.47. The fourth-order valence-electron chi connectivity index (χ4n) is 4.05. The van der Waals surface area contributed by atoms with E-state index in [9.17, 15) is 43.9 Å². The van der Waals surface area contributed by atoms with Crippen LogP contribution in [-0.4, -0.2) is 52.6 Å². The molecule has 1 N–H and O–H groups in total. The van der Waals surface area contributed by atoms with Crippen molar-refractivity contribution in [1.29, 1.82) is 0 Å². The van der Waals surface area contributed by atoms with Crippen LogP contribution in [0.3, 0.4) is 0 Å². The first-order valence-corrected chi connectivity index (χ1v) is 12.6. The Balaban J connectivity index is 1.55. The lowest BCUT2D eigenvalue weighted by atomic mass is 10.0. The zero-order chi connectivity index (χ0) is 28.5. The Hall–Kier alpha value is -3.66. The molecule has 3 heterocycles. The fourth-order valence-corrected chi connectivity index (χ4v) is 5.70. The minimum Gasteiger partial charge on any atom is -0.351 e. The van der Waals surface area contributed by atoms with Crippen molar-refractivity contribution in [3.8, 4) is 11.3 Å². The molecule has 16 heteroatoms. The maximum atomic E-state index is 14.4. The van der Waals surface area contributed by atoms with E-state index in [4.69, 9.17) is 0 Å². The molecule has 0 bridgehead atoms. The Bertz CT molecular complexity index is 1450. The number of pyridine rings is 1. The van der Waals surface area contributed by atoms with Gasteiger partial charge in [-0.25, -0.2) is 35.9 Å². The Morgan fingerprint density at radius 1 is 1.05 bits per heavy atom. The van der Waals surface area contributed by atoms with Crippen LogP contribution < -0.4 is 5.32 Å². The smallest absolute Gasteiger partial charge is 0.351 e. The number of sulfonamides is 1.